The Morgan fingerprint density at radius 3 is 2.38 bits per heavy atom. The van der Waals surface area contributed by atoms with E-state index in [4.69, 9.17) is 5.73 Å². The molecule has 9 heteroatoms. The second kappa shape index (κ2) is 12.6. The summed E-state index contributed by atoms with van der Waals surface area (Å²) in [4.78, 5) is 20.7. The van der Waals surface area contributed by atoms with E-state index in [9.17, 15) is 4.79 Å². The molecule has 1 fully saturated rings. The molecule has 1 unspecified atom stereocenters. The van der Waals surface area contributed by atoms with Crippen LogP contribution in [0, 0.1) is 0 Å². The molecule has 1 aromatic heterocycles. The summed E-state index contributed by atoms with van der Waals surface area (Å²) >= 11 is 0. The van der Waals surface area contributed by atoms with Crippen molar-refractivity contribution in [1.29, 1.82) is 0 Å². The Morgan fingerprint density at radius 1 is 1.25 bits per heavy atom. The van der Waals surface area contributed by atoms with Crippen LogP contribution in [0.3, 0.4) is 0 Å². The van der Waals surface area contributed by atoms with E-state index in [-0.39, 0.29) is 49.2 Å². The lowest BCUT2D eigenvalue weighted by molar-refractivity contribution is -0.121. The molecule has 1 aromatic rings. The van der Waals surface area contributed by atoms with Crippen molar-refractivity contribution in [2.45, 2.75) is 25.9 Å². The summed E-state index contributed by atoms with van der Waals surface area (Å²) in [7, 11) is 2.14. The standard InChI is InChI=1S/C15H25N5O.3ClH/c1-12(16)9-15(21)18-11-13-3-4-14(17-10-13)20-7-5-19(2)6-8-20;;;/h3-4,10,12H,5-9,11,16H2,1-2H3,(H,18,21);3*1H. The number of nitrogens with one attached hydrogen (secondary N) is 1. The van der Waals surface area contributed by atoms with E-state index in [1.807, 2.05) is 25.3 Å². The lowest BCUT2D eigenvalue weighted by atomic mass is 10.2. The number of hydrogen-bond acceptors (Lipinski definition) is 5. The van der Waals surface area contributed by atoms with Crippen LogP contribution < -0.4 is 16.0 Å². The first-order valence-corrected chi connectivity index (χ1v) is 7.45. The Labute approximate surface area is 162 Å². The van der Waals surface area contributed by atoms with Gasteiger partial charge in [-0.05, 0) is 25.6 Å². The third-order valence-electron chi connectivity index (χ3n) is 3.63. The topological polar surface area (TPSA) is 74.5 Å². The van der Waals surface area contributed by atoms with Gasteiger partial charge in [-0.25, -0.2) is 4.98 Å². The van der Waals surface area contributed by atoms with Crippen LogP contribution in [0.25, 0.3) is 0 Å². The van der Waals surface area contributed by atoms with Crippen molar-refractivity contribution in [1.82, 2.24) is 15.2 Å². The zero-order chi connectivity index (χ0) is 15.2. The second-order valence-electron chi connectivity index (χ2n) is 5.77. The van der Waals surface area contributed by atoms with E-state index in [2.05, 4.69) is 27.1 Å². The number of carbonyl (C=O) groups excluding carboxylic acids is 1. The number of amides is 1. The van der Waals surface area contributed by atoms with Gasteiger partial charge in [0.1, 0.15) is 5.82 Å². The fourth-order valence-corrected chi connectivity index (χ4v) is 2.31. The van der Waals surface area contributed by atoms with Crippen molar-refractivity contribution in [2.24, 2.45) is 5.73 Å². The van der Waals surface area contributed by atoms with Crippen molar-refractivity contribution in [3.05, 3.63) is 23.9 Å². The van der Waals surface area contributed by atoms with Gasteiger partial charge >= 0.3 is 0 Å². The average molecular weight is 401 g/mol. The molecule has 1 aliphatic rings. The van der Waals surface area contributed by atoms with Gasteiger partial charge in [-0.2, -0.15) is 0 Å². The summed E-state index contributed by atoms with van der Waals surface area (Å²) in [6, 6.07) is 3.94. The molecule has 140 valence electrons. The molecule has 1 amide bonds. The first kappa shape index (κ1) is 25.5. The van der Waals surface area contributed by atoms with Crippen molar-refractivity contribution in [3.8, 4) is 0 Å². The highest BCUT2D eigenvalue weighted by atomic mass is 35.5. The number of hydrogen-bond donors (Lipinski definition) is 2. The molecule has 1 saturated heterocycles. The third-order valence-corrected chi connectivity index (χ3v) is 3.63. The van der Waals surface area contributed by atoms with Gasteiger partial charge in [0.05, 0.1) is 0 Å². The molecule has 0 radical (unpaired) electrons. The van der Waals surface area contributed by atoms with Gasteiger partial charge < -0.3 is 20.9 Å². The first-order chi connectivity index (χ1) is 10.0. The number of carbonyl (C=O) groups is 1. The number of pyridine rings is 1. The van der Waals surface area contributed by atoms with Crippen molar-refractivity contribution in [3.63, 3.8) is 0 Å². The number of nitrogens with two attached hydrogens (primary N) is 1. The summed E-state index contributed by atoms with van der Waals surface area (Å²) in [5, 5.41) is 2.86. The number of aromatic nitrogens is 1. The van der Waals surface area contributed by atoms with E-state index in [1.165, 1.54) is 0 Å². The van der Waals surface area contributed by atoms with Crippen molar-refractivity contribution in [2.75, 3.05) is 38.1 Å². The molecule has 6 nitrogen and oxygen atoms in total. The van der Waals surface area contributed by atoms with Crippen LogP contribution >= 0.6 is 37.2 Å². The summed E-state index contributed by atoms with van der Waals surface area (Å²) in [5.41, 5.74) is 6.60. The maximum Gasteiger partial charge on any atom is 0.221 e. The van der Waals surface area contributed by atoms with E-state index >= 15 is 0 Å². The van der Waals surface area contributed by atoms with E-state index in [0.717, 1.165) is 37.6 Å². The van der Waals surface area contributed by atoms with Gasteiger partial charge in [-0.15, -0.1) is 37.2 Å². The maximum absolute atomic E-state index is 11.5. The normalized spacial score (nSPS) is 15.4. The van der Waals surface area contributed by atoms with Gasteiger partial charge in [0, 0.05) is 51.4 Å². The molecule has 2 rings (SSSR count). The average Bonchev–Trinajstić information content (AvgIpc) is 2.46. The predicted octanol–water partition coefficient (Wildman–Crippen LogP) is 1.45. The lowest BCUT2D eigenvalue weighted by Crippen LogP contribution is -2.44. The molecule has 0 saturated carbocycles. The Bertz CT molecular complexity index is 465. The van der Waals surface area contributed by atoms with Gasteiger partial charge in [-0.3, -0.25) is 4.79 Å². The Kier molecular flexibility index (Phi) is 13.3. The third kappa shape index (κ3) is 8.35. The minimum atomic E-state index is -0.109. The molecule has 24 heavy (non-hydrogen) atoms. The molecule has 3 N–H and O–H groups in total. The highest BCUT2D eigenvalue weighted by Crippen LogP contribution is 2.13. The van der Waals surface area contributed by atoms with Crippen LogP contribution in [0.2, 0.25) is 0 Å². The minimum absolute atomic E-state index is 0. The van der Waals surface area contributed by atoms with E-state index in [0.29, 0.717) is 13.0 Å². The molecular formula is C15H28Cl3N5O. The molecule has 0 aromatic carbocycles. The van der Waals surface area contributed by atoms with E-state index < -0.39 is 0 Å². The van der Waals surface area contributed by atoms with Crippen LogP contribution in [0.5, 0.6) is 0 Å². The van der Waals surface area contributed by atoms with Gasteiger partial charge in [-0.1, -0.05) is 6.07 Å². The van der Waals surface area contributed by atoms with Crippen LogP contribution in [-0.2, 0) is 11.3 Å². The molecular weight excluding hydrogens is 373 g/mol. The number of likely N-dealkylation sites (N-methyl/N-ethyl adjacent to an activating group) is 1. The number of halogens is 3. The predicted molar refractivity (Wildman–Crippen MR) is 106 cm³/mol. The second-order valence-corrected chi connectivity index (χ2v) is 5.77. The Balaban J connectivity index is 0. The lowest BCUT2D eigenvalue weighted by Gasteiger charge is -2.33. The largest absolute Gasteiger partial charge is 0.354 e. The maximum atomic E-state index is 11.5. The molecule has 0 aliphatic carbocycles. The van der Waals surface area contributed by atoms with Crippen molar-refractivity contribution < 1.29 is 4.79 Å². The van der Waals surface area contributed by atoms with Crippen LogP contribution in [0.1, 0.15) is 18.9 Å². The van der Waals surface area contributed by atoms with Gasteiger partial charge in [0.25, 0.3) is 0 Å². The fraction of sp³-hybridized carbons (Fsp3) is 0.600. The molecule has 2 heterocycles. The quantitative estimate of drug-likeness (QED) is 0.782. The number of nitrogens with zero attached hydrogens (tertiary/aromatic N) is 3. The zero-order valence-electron chi connectivity index (χ0n) is 14.1. The minimum Gasteiger partial charge on any atom is -0.354 e. The number of rotatable bonds is 5. The zero-order valence-corrected chi connectivity index (χ0v) is 16.6. The van der Waals surface area contributed by atoms with Crippen LogP contribution in [-0.4, -0.2) is 55.1 Å². The number of piperazine rings is 1. The smallest absolute Gasteiger partial charge is 0.221 e. The summed E-state index contributed by atoms with van der Waals surface area (Å²) in [6.07, 6.45) is 2.19. The summed E-state index contributed by atoms with van der Waals surface area (Å²) < 4.78 is 0. The highest BCUT2D eigenvalue weighted by Gasteiger charge is 2.14. The first-order valence-electron chi connectivity index (χ1n) is 7.45. The van der Waals surface area contributed by atoms with Crippen molar-refractivity contribution >= 4 is 48.9 Å². The van der Waals surface area contributed by atoms with Crippen LogP contribution in [0.4, 0.5) is 5.82 Å². The fourth-order valence-electron chi connectivity index (χ4n) is 2.31. The monoisotopic (exact) mass is 399 g/mol. The summed E-state index contributed by atoms with van der Waals surface area (Å²) in [6.45, 7) is 6.48. The number of anilines is 1. The molecule has 0 spiro atoms. The summed E-state index contributed by atoms with van der Waals surface area (Å²) in [5.74, 6) is 0.988. The molecule has 1 atom stereocenters. The molecule has 0 bridgehead atoms. The Hall–Kier alpha value is -0.790. The van der Waals surface area contributed by atoms with Crippen LogP contribution in [0.15, 0.2) is 18.3 Å². The van der Waals surface area contributed by atoms with Gasteiger partial charge in [0.15, 0.2) is 0 Å². The van der Waals surface area contributed by atoms with Gasteiger partial charge in [0.2, 0.25) is 5.91 Å². The van der Waals surface area contributed by atoms with E-state index in [1.54, 1.807) is 0 Å². The SMILES string of the molecule is CC(N)CC(=O)NCc1ccc(N2CCN(C)CC2)nc1.Cl.Cl.Cl. The highest BCUT2D eigenvalue weighted by molar-refractivity contribution is 5.86. The Morgan fingerprint density at radius 2 is 1.88 bits per heavy atom. The molecule has 1 aliphatic heterocycles.